The Labute approximate surface area is 79.0 Å². The van der Waals surface area contributed by atoms with Crippen LogP contribution in [0.15, 0.2) is 29.4 Å². The van der Waals surface area contributed by atoms with Gasteiger partial charge in [-0.25, -0.2) is 4.39 Å². The van der Waals surface area contributed by atoms with Gasteiger partial charge in [0.2, 0.25) is 0 Å². The molecular formula is C9H8BrFO. The molecule has 0 aliphatic carbocycles. The largest absolute Gasteiger partial charge is 0.462 e. The zero-order valence-electron chi connectivity index (χ0n) is 6.60. The molecule has 64 valence electrons. The van der Waals surface area contributed by atoms with E-state index in [-0.39, 0.29) is 11.6 Å². The van der Waals surface area contributed by atoms with E-state index in [0.29, 0.717) is 4.47 Å². The molecule has 1 rings (SSSR count). The van der Waals surface area contributed by atoms with Crippen molar-refractivity contribution in [2.45, 2.75) is 6.92 Å². The number of halogens is 2. The van der Waals surface area contributed by atoms with Crippen molar-refractivity contribution in [3.8, 4) is 5.75 Å². The molecule has 0 atom stereocenters. The van der Waals surface area contributed by atoms with Crippen LogP contribution in [0.25, 0.3) is 0 Å². The van der Waals surface area contributed by atoms with Crippen LogP contribution < -0.4 is 4.74 Å². The van der Waals surface area contributed by atoms with Crippen LogP contribution in [-0.4, -0.2) is 0 Å². The van der Waals surface area contributed by atoms with Crippen molar-refractivity contribution in [1.82, 2.24) is 0 Å². The topological polar surface area (TPSA) is 9.23 Å². The minimum atomic E-state index is -0.387. The molecule has 0 spiro atoms. The summed E-state index contributed by atoms with van der Waals surface area (Å²) >= 11 is 3.18. The van der Waals surface area contributed by atoms with Crippen molar-refractivity contribution in [3.63, 3.8) is 0 Å². The molecule has 1 nitrogen and oxygen atoms in total. The Hall–Kier alpha value is -0.830. The van der Waals surface area contributed by atoms with Crippen molar-refractivity contribution < 1.29 is 9.13 Å². The molecular weight excluding hydrogens is 223 g/mol. The van der Waals surface area contributed by atoms with Crippen molar-refractivity contribution in [2.75, 3.05) is 0 Å². The van der Waals surface area contributed by atoms with Gasteiger partial charge in [-0.15, -0.1) is 0 Å². The summed E-state index contributed by atoms with van der Waals surface area (Å²) in [6.45, 7) is 5.13. The first kappa shape index (κ1) is 9.26. The van der Waals surface area contributed by atoms with Crippen LogP contribution >= 0.6 is 15.9 Å². The molecule has 1 aromatic carbocycles. The molecule has 0 amide bonds. The molecule has 0 N–H and O–H groups in total. The molecule has 0 saturated heterocycles. The summed E-state index contributed by atoms with van der Waals surface area (Å²) in [5.41, 5.74) is 0.738. The van der Waals surface area contributed by atoms with E-state index < -0.39 is 0 Å². The van der Waals surface area contributed by atoms with Gasteiger partial charge in [0.05, 0.1) is 6.26 Å². The monoisotopic (exact) mass is 230 g/mol. The maximum atomic E-state index is 13.1. The molecule has 0 heterocycles. The van der Waals surface area contributed by atoms with Crippen molar-refractivity contribution in [3.05, 3.63) is 40.8 Å². The van der Waals surface area contributed by atoms with Gasteiger partial charge in [-0.05, 0) is 24.6 Å². The first-order chi connectivity index (χ1) is 5.65. The average molecular weight is 231 g/mol. The van der Waals surface area contributed by atoms with Crippen molar-refractivity contribution >= 4 is 15.9 Å². The molecule has 0 saturated carbocycles. The highest BCUT2D eigenvalue weighted by molar-refractivity contribution is 9.10. The summed E-state index contributed by atoms with van der Waals surface area (Å²) in [4.78, 5) is 0. The van der Waals surface area contributed by atoms with Crippen LogP contribution in [0.2, 0.25) is 0 Å². The van der Waals surface area contributed by atoms with E-state index in [2.05, 4.69) is 22.5 Å². The Morgan fingerprint density at radius 3 is 2.75 bits per heavy atom. The lowest BCUT2D eigenvalue weighted by molar-refractivity contribution is 0.438. The maximum Gasteiger partial charge on any atom is 0.167 e. The fourth-order valence-corrected chi connectivity index (χ4v) is 1.47. The van der Waals surface area contributed by atoms with Crippen LogP contribution in [0.3, 0.4) is 0 Å². The summed E-state index contributed by atoms with van der Waals surface area (Å²) in [5.74, 6) is -0.157. The van der Waals surface area contributed by atoms with Gasteiger partial charge in [0.1, 0.15) is 0 Å². The highest BCUT2D eigenvalue weighted by Gasteiger charge is 2.06. The van der Waals surface area contributed by atoms with Crippen LogP contribution in [0.5, 0.6) is 5.75 Å². The van der Waals surface area contributed by atoms with Gasteiger partial charge in [0.25, 0.3) is 0 Å². The number of rotatable bonds is 2. The second kappa shape index (κ2) is 3.72. The molecule has 1 aromatic rings. The maximum absolute atomic E-state index is 13.1. The van der Waals surface area contributed by atoms with Gasteiger partial charge in [-0.2, -0.15) is 0 Å². The fourth-order valence-electron chi connectivity index (χ4n) is 0.922. The van der Waals surface area contributed by atoms with E-state index >= 15 is 0 Å². The number of hydrogen-bond donors (Lipinski definition) is 0. The normalized spacial score (nSPS) is 9.58. The van der Waals surface area contributed by atoms with Crippen molar-refractivity contribution in [1.29, 1.82) is 0 Å². The lowest BCUT2D eigenvalue weighted by Crippen LogP contribution is -1.90. The smallest absolute Gasteiger partial charge is 0.167 e. The van der Waals surface area contributed by atoms with Gasteiger partial charge in [0, 0.05) is 4.47 Å². The molecule has 0 aliphatic heterocycles. The fraction of sp³-hybridized carbons (Fsp3) is 0.111. The minimum absolute atomic E-state index is 0.230. The van der Waals surface area contributed by atoms with E-state index in [1.807, 2.05) is 0 Å². The SMILES string of the molecule is C=COc1c(C)cc(Br)cc1F. The third-order valence-corrected chi connectivity index (χ3v) is 1.85. The first-order valence-corrected chi connectivity index (χ1v) is 4.17. The Morgan fingerprint density at radius 2 is 2.25 bits per heavy atom. The predicted octanol–water partition coefficient (Wildman–Crippen LogP) is 3.42. The van der Waals surface area contributed by atoms with E-state index in [1.165, 1.54) is 12.3 Å². The molecule has 0 aromatic heterocycles. The van der Waals surface area contributed by atoms with Gasteiger partial charge >= 0.3 is 0 Å². The highest BCUT2D eigenvalue weighted by Crippen LogP contribution is 2.26. The molecule has 0 radical (unpaired) electrons. The Balaban J connectivity index is 3.18. The van der Waals surface area contributed by atoms with Gasteiger partial charge < -0.3 is 4.74 Å². The van der Waals surface area contributed by atoms with Crippen LogP contribution in [0.4, 0.5) is 4.39 Å². The van der Waals surface area contributed by atoms with Crippen LogP contribution in [0.1, 0.15) is 5.56 Å². The van der Waals surface area contributed by atoms with Crippen LogP contribution in [-0.2, 0) is 0 Å². The Morgan fingerprint density at radius 1 is 1.58 bits per heavy atom. The molecule has 0 unspecified atom stereocenters. The van der Waals surface area contributed by atoms with Gasteiger partial charge in [0.15, 0.2) is 11.6 Å². The second-order valence-electron chi connectivity index (χ2n) is 2.32. The summed E-state index contributed by atoms with van der Waals surface area (Å²) in [6.07, 6.45) is 1.21. The molecule has 3 heteroatoms. The van der Waals surface area contributed by atoms with Crippen molar-refractivity contribution in [2.24, 2.45) is 0 Å². The summed E-state index contributed by atoms with van der Waals surface area (Å²) < 4.78 is 18.7. The molecule has 0 aliphatic rings. The average Bonchev–Trinajstić information content (AvgIpc) is 1.96. The lowest BCUT2D eigenvalue weighted by atomic mass is 10.2. The van der Waals surface area contributed by atoms with E-state index in [4.69, 9.17) is 4.74 Å². The summed E-state index contributed by atoms with van der Waals surface area (Å²) in [7, 11) is 0. The third-order valence-electron chi connectivity index (χ3n) is 1.40. The molecule has 12 heavy (non-hydrogen) atoms. The predicted molar refractivity (Wildman–Crippen MR) is 49.7 cm³/mol. The second-order valence-corrected chi connectivity index (χ2v) is 3.23. The summed E-state index contributed by atoms with van der Waals surface area (Å²) in [6, 6.07) is 3.13. The lowest BCUT2D eigenvalue weighted by Gasteiger charge is -2.05. The highest BCUT2D eigenvalue weighted by atomic mass is 79.9. The zero-order chi connectivity index (χ0) is 9.14. The number of hydrogen-bond acceptors (Lipinski definition) is 1. The molecule has 0 bridgehead atoms. The van der Waals surface area contributed by atoms with Gasteiger partial charge in [-0.3, -0.25) is 0 Å². The third kappa shape index (κ3) is 1.85. The number of benzene rings is 1. The number of ether oxygens (including phenoxy) is 1. The Kier molecular flexibility index (Phi) is 2.87. The van der Waals surface area contributed by atoms with Crippen LogP contribution in [0, 0.1) is 12.7 Å². The summed E-state index contributed by atoms with van der Waals surface area (Å²) in [5, 5.41) is 0. The van der Waals surface area contributed by atoms with E-state index in [9.17, 15) is 4.39 Å². The van der Waals surface area contributed by atoms with E-state index in [1.54, 1.807) is 13.0 Å². The molecule has 0 fully saturated rings. The number of aryl methyl sites for hydroxylation is 1. The standard InChI is InChI=1S/C9H8BrFO/c1-3-12-9-6(2)4-7(10)5-8(9)11/h3-5H,1H2,2H3. The quantitative estimate of drug-likeness (QED) is 0.708. The minimum Gasteiger partial charge on any atom is -0.462 e. The Bertz CT molecular complexity index is 286. The zero-order valence-corrected chi connectivity index (χ0v) is 8.19. The van der Waals surface area contributed by atoms with E-state index in [0.717, 1.165) is 5.56 Å². The van der Waals surface area contributed by atoms with Gasteiger partial charge in [-0.1, -0.05) is 22.5 Å². The first-order valence-electron chi connectivity index (χ1n) is 3.38.